The van der Waals surface area contributed by atoms with E-state index in [2.05, 4.69) is 0 Å². The lowest BCUT2D eigenvalue weighted by molar-refractivity contribution is -0.128. The van der Waals surface area contributed by atoms with Gasteiger partial charge in [0, 0.05) is 32.2 Å². The fraction of sp³-hybridized carbons (Fsp3) is 0.857. The summed E-state index contributed by atoms with van der Waals surface area (Å²) >= 11 is 1.36. The third kappa shape index (κ3) is 4.01. The highest BCUT2D eigenvalue weighted by Crippen LogP contribution is 2.28. The summed E-state index contributed by atoms with van der Waals surface area (Å²) in [6, 6.07) is 0. The zero-order chi connectivity index (χ0) is 13.0. The van der Waals surface area contributed by atoms with Gasteiger partial charge in [0.05, 0.1) is 0 Å². The van der Waals surface area contributed by atoms with Gasteiger partial charge in [-0.15, -0.1) is 0 Å². The lowest BCUT2D eigenvalue weighted by Crippen LogP contribution is -2.32. The molecule has 4 heteroatoms. The lowest BCUT2D eigenvalue weighted by Gasteiger charge is -2.27. The first-order valence-electron chi connectivity index (χ1n) is 7.06. The average Bonchev–Trinajstić information content (AvgIpc) is 2.69. The van der Waals surface area contributed by atoms with Crippen LogP contribution in [0.5, 0.6) is 0 Å². The summed E-state index contributed by atoms with van der Waals surface area (Å²) in [5.74, 6) is 2.22. The van der Waals surface area contributed by atoms with Crippen LogP contribution < -0.4 is 0 Å². The van der Waals surface area contributed by atoms with Crippen molar-refractivity contribution in [1.29, 1.82) is 0 Å². The number of nitrogens with zero attached hydrogens (tertiary/aromatic N) is 1. The number of likely N-dealkylation sites (tertiary alicyclic amines) is 1. The van der Waals surface area contributed by atoms with Gasteiger partial charge >= 0.3 is 0 Å². The van der Waals surface area contributed by atoms with E-state index < -0.39 is 0 Å². The molecule has 1 atom stereocenters. The molecule has 1 aliphatic heterocycles. The third-order valence-corrected chi connectivity index (χ3v) is 5.06. The predicted octanol–water partition coefficient (Wildman–Crippen LogP) is 2.69. The van der Waals surface area contributed by atoms with Crippen molar-refractivity contribution in [1.82, 2.24) is 4.90 Å². The Morgan fingerprint density at radius 2 is 2.00 bits per heavy atom. The van der Waals surface area contributed by atoms with E-state index in [4.69, 9.17) is 0 Å². The Balaban J connectivity index is 1.75. The molecule has 0 radical (unpaired) electrons. The number of rotatable bonds is 4. The topological polar surface area (TPSA) is 37.4 Å². The monoisotopic (exact) mass is 269 g/mol. The van der Waals surface area contributed by atoms with Gasteiger partial charge in [-0.05, 0) is 24.7 Å². The Hall–Kier alpha value is -0.510. The van der Waals surface area contributed by atoms with Crippen molar-refractivity contribution in [3.8, 4) is 0 Å². The van der Waals surface area contributed by atoms with Crippen LogP contribution in [0.4, 0.5) is 0 Å². The molecule has 0 bridgehead atoms. The van der Waals surface area contributed by atoms with Gasteiger partial charge in [-0.3, -0.25) is 9.59 Å². The quantitative estimate of drug-likeness (QED) is 0.787. The molecule has 0 N–H and O–H groups in total. The molecule has 1 unspecified atom stereocenters. The van der Waals surface area contributed by atoms with Gasteiger partial charge in [0.1, 0.15) is 0 Å². The number of hydrogen-bond acceptors (Lipinski definition) is 3. The molecule has 2 aliphatic rings. The molecular weight excluding hydrogens is 246 g/mol. The average molecular weight is 269 g/mol. The molecule has 0 aromatic carbocycles. The highest BCUT2D eigenvalue weighted by molar-refractivity contribution is 8.13. The van der Waals surface area contributed by atoms with Gasteiger partial charge < -0.3 is 4.90 Å². The van der Waals surface area contributed by atoms with Crippen LogP contribution in [-0.2, 0) is 9.59 Å². The smallest absolute Gasteiger partial charge is 0.222 e. The normalized spacial score (nSPS) is 25.7. The molecule has 0 spiro atoms. The molecule has 1 heterocycles. The van der Waals surface area contributed by atoms with E-state index in [0.29, 0.717) is 18.2 Å². The van der Waals surface area contributed by atoms with Crippen LogP contribution in [0.25, 0.3) is 0 Å². The highest BCUT2D eigenvalue weighted by Gasteiger charge is 2.31. The maximum Gasteiger partial charge on any atom is 0.222 e. The SMILES string of the molecule is CC(=O)SCC1CC(=O)N(CC2CCCCC2)C1. The molecule has 1 aliphatic carbocycles. The first kappa shape index (κ1) is 13.9. The second-order valence-corrected chi connectivity index (χ2v) is 6.87. The van der Waals surface area contributed by atoms with Crippen molar-refractivity contribution >= 4 is 22.8 Å². The third-order valence-electron chi connectivity index (χ3n) is 4.02. The molecule has 18 heavy (non-hydrogen) atoms. The zero-order valence-corrected chi connectivity index (χ0v) is 12.0. The van der Waals surface area contributed by atoms with Gasteiger partial charge in [-0.2, -0.15) is 0 Å². The van der Waals surface area contributed by atoms with E-state index in [1.165, 1.54) is 43.9 Å². The molecule has 1 saturated heterocycles. The first-order chi connectivity index (χ1) is 8.65. The van der Waals surface area contributed by atoms with E-state index in [-0.39, 0.29) is 5.12 Å². The van der Waals surface area contributed by atoms with Gasteiger partial charge in [0.15, 0.2) is 5.12 Å². The maximum atomic E-state index is 11.9. The maximum absolute atomic E-state index is 11.9. The minimum Gasteiger partial charge on any atom is -0.342 e. The van der Waals surface area contributed by atoms with Crippen molar-refractivity contribution in [2.24, 2.45) is 11.8 Å². The van der Waals surface area contributed by atoms with E-state index >= 15 is 0 Å². The molecule has 2 rings (SSSR count). The molecule has 2 fully saturated rings. The van der Waals surface area contributed by atoms with Crippen molar-refractivity contribution in [3.63, 3.8) is 0 Å². The van der Waals surface area contributed by atoms with Crippen molar-refractivity contribution < 1.29 is 9.59 Å². The Bertz CT molecular complexity index is 313. The van der Waals surface area contributed by atoms with Gasteiger partial charge in [-0.25, -0.2) is 0 Å². The number of carbonyl (C=O) groups is 2. The summed E-state index contributed by atoms with van der Waals surface area (Å²) in [6.07, 6.45) is 7.25. The molecule has 3 nitrogen and oxygen atoms in total. The Morgan fingerprint density at radius 1 is 1.28 bits per heavy atom. The summed E-state index contributed by atoms with van der Waals surface area (Å²) in [6.45, 7) is 3.43. The van der Waals surface area contributed by atoms with Crippen LogP contribution in [0.1, 0.15) is 45.4 Å². The van der Waals surface area contributed by atoms with Crippen LogP contribution >= 0.6 is 11.8 Å². The summed E-state index contributed by atoms with van der Waals surface area (Å²) < 4.78 is 0. The number of carbonyl (C=O) groups excluding carboxylic acids is 2. The van der Waals surface area contributed by atoms with E-state index in [1.807, 2.05) is 4.90 Å². The summed E-state index contributed by atoms with van der Waals surface area (Å²) in [5, 5.41) is 0.160. The predicted molar refractivity (Wildman–Crippen MR) is 74.4 cm³/mol. The fourth-order valence-electron chi connectivity index (χ4n) is 3.06. The van der Waals surface area contributed by atoms with Crippen LogP contribution in [0.3, 0.4) is 0 Å². The summed E-state index contributed by atoms with van der Waals surface area (Å²) in [4.78, 5) is 24.9. The van der Waals surface area contributed by atoms with Crippen molar-refractivity contribution in [2.75, 3.05) is 18.8 Å². The number of hydrogen-bond donors (Lipinski definition) is 0. The van der Waals surface area contributed by atoms with Crippen molar-refractivity contribution in [3.05, 3.63) is 0 Å². The van der Waals surface area contributed by atoms with Crippen LogP contribution in [-0.4, -0.2) is 34.8 Å². The van der Waals surface area contributed by atoms with Crippen LogP contribution in [0.2, 0.25) is 0 Å². The molecular formula is C14H23NO2S. The summed E-state index contributed by atoms with van der Waals surface area (Å²) in [5.41, 5.74) is 0. The van der Waals surface area contributed by atoms with Gasteiger partial charge in [0.25, 0.3) is 0 Å². The first-order valence-corrected chi connectivity index (χ1v) is 8.05. The molecule has 102 valence electrons. The summed E-state index contributed by atoms with van der Waals surface area (Å²) in [7, 11) is 0. The number of thioether (sulfide) groups is 1. The largest absolute Gasteiger partial charge is 0.342 e. The Kier molecular flexibility index (Phi) is 5.10. The molecule has 0 aromatic rings. The van der Waals surface area contributed by atoms with Crippen molar-refractivity contribution in [2.45, 2.75) is 45.4 Å². The minimum absolute atomic E-state index is 0.160. The van der Waals surface area contributed by atoms with Crippen LogP contribution in [0, 0.1) is 11.8 Å². The zero-order valence-electron chi connectivity index (χ0n) is 11.2. The fourth-order valence-corrected chi connectivity index (χ4v) is 3.75. The molecule has 0 aromatic heterocycles. The Labute approximate surface area is 114 Å². The molecule has 1 saturated carbocycles. The van der Waals surface area contributed by atoms with E-state index in [9.17, 15) is 9.59 Å². The Morgan fingerprint density at radius 3 is 2.67 bits per heavy atom. The van der Waals surface area contributed by atoms with E-state index in [1.54, 1.807) is 6.92 Å². The molecule has 1 amide bonds. The lowest BCUT2D eigenvalue weighted by atomic mass is 9.89. The van der Waals surface area contributed by atoms with Gasteiger partial charge in [0.2, 0.25) is 5.91 Å². The standard InChI is InChI=1S/C14H23NO2S/c1-11(16)18-10-13-7-14(17)15(9-13)8-12-5-3-2-4-6-12/h12-13H,2-10H2,1H3. The minimum atomic E-state index is 0.160. The number of amides is 1. The second-order valence-electron chi connectivity index (χ2n) is 5.68. The van der Waals surface area contributed by atoms with Crippen LogP contribution in [0.15, 0.2) is 0 Å². The van der Waals surface area contributed by atoms with Gasteiger partial charge in [-0.1, -0.05) is 31.0 Å². The van der Waals surface area contributed by atoms with E-state index in [0.717, 1.165) is 24.8 Å². The second kappa shape index (κ2) is 6.60. The highest BCUT2D eigenvalue weighted by atomic mass is 32.2.